The Labute approximate surface area is 198 Å². The number of hydrogen-bond acceptors (Lipinski definition) is 8. The van der Waals surface area contributed by atoms with Gasteiger partial charge in [-0.1, -0.05) is 24.3 Å². The summed E-state index contributed by atoms with van der Waals surface area (Å²) < 4.78 is 1.67. The summed E-state index contributed by atoms with van der Waals surface area (Å²) in [6.45, 7) is 2.39. The van der Waals surface area contributed by atoms with Gasteiger partial charge in [-0.05, 0) is 42.8 Å². The van der Waals surface area contributed by atoms with Crippen molar-refractivity contribution in [1.82, 2.24) is 25.1 Å². The maximum absolute atomic E-state index is 12.6. The summed E-state index contributed by atoms with van der Waals surface area (Å²) in [5, 5.41) is 25.7. The monoisotopic (exact) mass is 480 g/mol. The number of carbonyl (C=O) groups excluding carboxylic acids is 1. The molecule has 0 aliphatic rings. The average Bonchev–Trinajstić information content (AvgIpc) is 3.42. The molecule has 0 aliphatic carbocycles. The van der Waals surface area contributed by atoms with Crippen LogP contribution in [-0.2, 0) is 13.5 Å². The number of hydrogen-bond donors (Lipinski definition) is 1. The van der Waals surface area contributed by atoms with Crippen molar-refractivity contribution < 1.29 is 9.72 Å². The van der Waals surface area contributed by atoms with Gasteiger partial charge < -0.3 is 9.88 Å². The number of thiazole rings is 1. The van der Waals surface area contributed by atoms with Crippen LogP contribution in [0.5, 0.6) is 0 Å². The van der Waals surface area contributed by atoms with Crippen LogP contribution in [-0.4, -0.2) is 37.1 Å². The van der Waals surface area contributed by atoms with Gasteiger partial charge in [0.1, 0.15) is 6.33 Å². The van der Waals surface area contributed by atoms with Crippen molar-refractivity contribution in [3.8, 4) is 11.3 Å². The van der Waals surface area contributed by atoms with Gasteiger partial charge in [0.05, 0.1) is 20.5 Å². The minimum absolute atomic E-state index is 0.150. The number of aromatic nitrogens is 4. The van der Waals surface area contributed by atoms with Crippen molar-refractivity contribution in [3.63, 3.8) is 0 Å². The molecule has 2 aromatic heterocycles. The third-order valence-corrected chi connectivity index (χ3v) is 6.75. The Morgan fingerprint density at radius 2 is 2.03 bits per heavy atom. The lowest BCUT2D eigenvalue weighted by atomic mass is 10.1. The number of amides is 1. The Kier molecular flexibility index (Phi) is 6.80. The SMILES string of the molecule is Cc1nc(-c2ccc(CCNC(=O)c3ccc(Sc4nncn4C)c([N+](=O)[O-])c3)cc2)cs1. The minimum atomic E-state index is -0.499. The molecule has 2 heterocycles. The molecule has 0 unspecified atom stereocenters. The third-order valence-electron chi connectivity index (χ3n) is 4.86. The Bertz CT molecular complexity index is 1300. The van der Waals surface area contributed by atoms with Gasteiger partial charge in [0, 0.05) is 36.2 Å². The molecule has 4 aromatic rings. The van der Waals surface area contributed by atoms with E-state index in [1.165, 1.54) is 12.4 Å². The van der Waals surface area contributed by atoms with E-state index in [-0.39, 0.29) is 17.2 Å². The van der Waals surface area contributed by atoms with E-state index in [1.807, 2.05) is 36.6 Å². The van der Waals surface area contributed by atoms with E-state index in [0.717, 1.165) is 33.6 Å². The molecule has 0 spiro atoms. The predicted molar refractivity (Wildman–Crippen MR) is 127 cm³/mol. The van der Waals surface area contributed by atoms with Crippen molar-refractivity contribution in [1.29, 1.82) is 0 Å². The molecule has 0 bridgehead atoms. The highest BCUT2D eigenvalue weighted by Gasteiger charge is 2.20. The molecule has 1 N–H and O–H groups in total. The Hall–Kier alpha value is -3.57. The molecule has 2 aromatic carbocycles. The van der Waals surface area contributed by atoms with Crippen molar-refractivity contribution in [2.45, 2.75) is 23.4 Å². The quantitative estimate of drug-likeness (QED) is 0.296. The predicted octanol–water partition coefficient (Wildman–Crippen LogP) is 4.28. The first-order valence-electron chi connectivity index (χ1n) is 10.0. The summed E-state index contributed by atoms with van der Waals surface area (Å²) in [7, 11) is 1.75. The minimum Gasteiger partial charge on any atom is -0.352 e. The van der Waals surface area contributed by atoms with Crippen LogP contribution >= 0.6 is 23.1 Å². The number of nitro benzene ring substituents is 1. The summed E-state index contributed by atoms with van der Waals surface area (Å²) in [5.41, 5.74) is 3.17. The Morgan fingerprint density at radius 1 is 1.24 bits per heavy atom. The topological polar surface area (TPSA) is 116 Å². The average molecular weight is 481 g/mol. The molecule has 4 rings (SSSR count). The van der Waals surface area contributed by atoms with Gasteiger partial charge in [-0.3, -0.25) is 14.9 Å². The maximum Gasteiger partial charge on any atom is 0.284 e. The van der Waals surface area contributed by atoms with Crippen molar-refractivity contribution >= 4 is 34.7 Å². The summed E-state index contributed by atoms with van der Waals surface area (Å²) in [6, 6.07) is 12.5. The lowest BCUT2D eigenvalue weighted by Crippen LogP contribution is -2.25. The highest BCUT2D eigenvalue weighted by Crippen LogP contribution is 2.34. The van der Waals surface area contributed by atoms with E-state index in [2.05, 4.69) is 20.5 Å². The molecule has 1 amide bonds. The van der Waals surface area contributed by atoms with Gasteiger partial charge in [-0.2, -0.15) is 0 Å². The van der Waals surface area contributed by atoms with E-state index < -0.39 is 4.92 Å². The van der Waals surface area contributed by atoms with Gasteiger partial charge >= 0.3 is 0 Å². The molecule has 0 saturated carbocycles. The molecule has 9 nitrogen and oxygen atoms in total. The lowest BCUT2D eigenvalue weighted by molar-refractivity contribution is -0.387. The largest absolute Gasteiger partial charge is 0.352 e. The van der Waals surface area contributed by atoms with Crippen molar-refractivity contribution in [3.05, 3.63) is 80.4 Å². The summed E-state index contributed by atoms with van der Waals surface area (Å²) in [6.07, 6.45) is 2.16. The smallest absolute Gasteiger partial charge is 0.284 e. The molecule has 0 atom stereocenters. The fourth-order valence-electron chi connectivity index (χ4n) is 3.11. The molecule has 11 heteroatoms. The highest BCUT2D eigenvalue weighted by atomic mass is 32.2. The fourth-order valence-corrected chi connectivity index (χ4v) is 4.58. The highest BCUT2D eigenvalue weighted by molar-refractivity contribution is 7.99. The van der Waals surface area contributed by atoms with Crippen LogP contribution in [0, 0.1) is 17.0 Å². The second-order valence-electron chi connectivity index (χ2n) is 7.22. The Balaban J connectivity index is 1.37. The standard InChI is InChI=1S/C22H20N6O3S2/c1-14-25-18(12-32-14)16-5-3-15(4-6-16)9-10-23-21(29)17-7-8-20(19(11-17)28(30)31)33-22-26-24-13-27(22)2/h3-8,11-13H,9-10H2,1-2H3,(H,23,29). The fraction of sp³-hybridized carbons (Fsp3) is 0.182. The number of carbonyl (C=O) groups is 1. The molecule has 33 heavy (non-hydrogen) atoms. The lowest BCUT2D eigenvalue weighted by Gasteiger charge is -2.08. The molecule has 0 saturated heterocycles. The molecular weight excluding hydrogens is 460 g/mol. The van der Waals surface area contributed by atoms with Crippen LogP contribution < -0.4 is 5.32 Å². The zero-order chi connectivity index (χ0) is 23.4. The second kappa shape index (κ2) is 9.92. The van der Waals surface area contributed by atoms with Crippen molar-refractivity contribution in [2.75, 3.05) is 6.54 Å². The zero-order valence-electron chi connectivity index (χ0n) is 17.9. The third kappa shape index (κ3) is 5.44. The van der Waals surface area contributed by atoms with Crippen LogP contribution in [0.15, 0.2) is 64.2 Å². The number of rotatable bonds is 8. The number of benzene rings is 2. The molecule has 0 aliphatic heterocycles. The summed E-state index contributed by atoms with van der Waals surface area (Å²) >= 11 is 2.74. The van der Waals surface area contributed by atoms with Gasteiger partial charge in [-0.25, -0.2) is 4.98 Å². The number of nitrogens with one attached hydrogen (secondary N) is 1. The van der Waals surface area contributed by atoms with E-state index >= 15 is 0 Å². The molecule has 0 radical (unpaired) electrons. The molecule has 0 fully saturated rings. The number of aryl methyl sites for hydroxylation is 2. The van der Waals surface area contributed by atoms with Gasteiger partial charge in [0.15, 0.2) is 5.16 Å². The second-order valence-corrected chi connectivity index (χ2v) is 9.29. The first kappa shape index (κ1) is 22.6. The number of nitro groups is 1. The first-order valence-corrected chi connectivity index (χ1v) is 11.7. The van der Waals surface area contributed by atoms with Crippen LogP contribution in [0.1, 0.15) is 20.9 Å². The van der Waals surface area contributed by atoms with E-state index in [1.54, 1.807) is 35.1 Å². The van der Waals surface area contributed by atoms with Gasteiger partial charge in [-0.15, -0.1) is 21.5 Å². The zero-order valence-corrected chi connectivity index (χ0v) is 19.5. The van der Waals surface area contributed by atoms with Crippen LogP contribution in [0.2, 0.25) is 0 Å². The van der Waals surface area contributed by atoms with Crippen LogP contribution in [0.4, 0.5) is 5.69 Å². The molecule has 168 valence electrons. The van der Waals surface area contributed by atoms with E-state index in [0.29, 0.717) is 23.0 Å². The van der Waals surface area contributed by atoms with Crippen LogP contribution in [0.25, 0.3) is 11.3 Å². The maximum atomic E-state index is 12.6. The van der Waals surface area contributed by atoms with E-state index in [9.17, 15) is 14.9 Å². The first-order chi connectivity index (χ1) is 15.9. The van der Waals surface area contributed by atoms with Crippen LogP contribution in [0.3, 0.4) is 0 Å². The molecular formula is C22H20N6O3S2. The summed E-state index contributed by atoms with van der Waals surface area (Å²) in [4.78, 5) is 28.5. The van der Waals surface area contributed by atoms with Gasteiger partial charge in [0.2, 0.25) is 0 Å². The van der Waals surface area contributed by atoms with Crippen molar-refractivity contribution in [2.24, 2.45) is 7.05 Å². The normalized spacial score (nSPS) is 10.8. The van der Waals surface area contributed by atoms with Gasteiger partial charge in [0.25, 0.3) is 11.6 Å². The van der Waals surface area contributed by atoms with E-state index in [4.69, 9.17) is 0 Å². The summed E-state index contributed by atoms with van der Waals surface area (Å²) in [5.74, 6) is -0.358. The Morgan fingerprint density at radius 3 is 2.67 bits per heavy atom. The number of nitrogens with zero attached hydrogens (tertiary/aromatic N) is 5.